The molecule has 80 valence electrons. The molecular formula is C13H28. The summed E-state index contributed by atoms with van der Waals surface area (Å²) < 4.78 is 0. The van der Waals surface area contributed by atoms with E-state index >= 15 is 0 Å². The molecule has 0 aromatic rings. The van der Waals surface area contributed by atoms with Crippen LogP contribution in [0.25, 0.3) is 0 Å². The zero-order valence-corrected chi connectivity index (χ0v) is 10.3. The maximum absolute atomic E-state index is 2.42. The smallest absolute Gasteiger partial charge is 0.0409 e. The summed E-state index contributed by atoms with van der Waals surface area (Å²) in [5, 5.41) is 0. The number of rotatable bonds is 2. The van der Waals surface area contributed by atoms with Crippen molar-refractivity contribution in [3.63, 3.8) is 0 Å². The molecule has 1 rings (SSSR count). The molecule has 13 heavy (non-hydrogen) atoms. The Balaban J connectivity index is 0.000000671. The highest BCUT2D eigenvalue weighted by molar-refractivity contribution is 4.74. The molecule has 0 bridgehead atoms. The van der Waals surface area contributed by atoms with Crippen LogP contribution in [0.1, 0.15) is 66.7 Å². The lowest BCUT2D eigenvalue weighted by molar-refractivity contribution is 0.209. The van der Waals surface area contributed by atoms with Crippen LogP contribution >= 0.6 is 0 Å². The zero-order valence-electron chi connectivity index (χ0n) is 10.3. The van der Waals surface area contributed by atoms with Crippen LogP contribution in [0.15, 0.2) is 0 Å². The molecule has 0 aliphatic heterocycles. The molecule has 0 radical (unpaired) electrons. The third kappa shape index (κ3) is 5.33. The van der Waals surface area contributed by atoms with E-state index in [1.165, 1.54) is 32.1 Å². The van der Waals surface area contributed by atoms with E-state index in [9.17, 15) is 0 Å². The Bertz CT molecular complexity index is 96.6. The van der Waals surface area contributed by atoms with E-state index < -0.39 is 0 Å². The van der Waals surface area contributed by atoms with E-state index in [1.807, 2.05) is 13.8 Å². The number of hydrogen-bond donors (Lipinski definition) is 0. The van der Waals surface area contributed by atoms with Gasteiger partial charge in [0.2, 0.25) is 0 Å². The van der Waals surface area contributed by atoms with Crippen molar-refractivity contribution in [2.24, 2.45) is 17.8 Å². The molecule has 0 amide bonds. The van der Waals surface area contributed by atoms with Gasteiger partial charge in [-0.25, -0.2) is 0 Å². The molecule has 0 aromatic heterocycles. The summed E-state index contributed by atoms with van der Waals surface area (Å²) in [7, 11) is 0. The summed E-state index contributed by atoms with van der Waals surface area (Å²) in [6, 6.07) is 0. The molecule has 0 N–H and O–H groups in total. The molecule has 0 saturated heterocycles. The predicted octanol–water partition coefficient (Wildman–Crippen LogP) is 4.89. The molecule has 0 spiro atoms. The first-order chi connectivity index (χ1) is 6.22. The largest absolute Gasteiger partial charge is 0.0683 e. The standard InChI is InChI=1S/C11H22.C2H6/c1-4-5-11-7-9(2)6-10(3)8-11;1-2/h9-11H,4-8H2,1-3H3;1-2H3. The van der Waals surface area contributed by atoms with Crippen LogP contribution in [0.4, 0.5) is 0 Å². The lowest BCUT2D eigenvalue weighted by Crippen LogP contribution is -2.19. The van der Waals surface area contributed by atoms with Crippen molar-refractivity contribution >= 4 is 0 Å². The van der Waals surface area contributed by atoms with Gasteiger partial charge in [0.05, 0.1) is 0 Å². The summed E-state index contributed by atoms with van der Waals surface area (Å²) >= 11 is 0. The van der Waals surface area contributed by atoms with Crippen molar-refractivity contribution in [2.75, 3.05) is 0 Å². The molecule has 0 aromatic carbocycles. The fourth-order valence-electron chi connectivity index (χ4n) is 2.76. The monoisotopic (exact) mass is 184 g/mol. The van der Waals surface area contributed by atoms with Gasteiger partial charge in [-0.3, -0.25) is 0 Å². The first kappa shape index (κ1) is 13.0. The summed E-state index contributed by atoms with van der Waals surface area (Å²) in [5.41, 5.74) is 0. The fourth-order valence-corrected chi connectivity index (χ4v) is 2.76. The minimum atomic E-state index is 0.996. The first-order valence-corrected chi connectivity index (χ1v) is 6.22. The topological polar surface area (TPSA) is 0 Å². The predicted molar refractivity (Wildman–Crippen MR) is 61.9 cm³/mol. The van der Waals surface area contributed by atoms with Crippen molar-refractivity contribution in [1.29, 1.82) is 0 Å². The highest BCUT2D eigenvalue weighted by atomic mass is 14.3. The molecule has 0 heterocycles. The molecule has 1 aliphatic rings. The van der Waals surface area contributed by atoms with Gasteiger partial charge in [-0.15, -0.1) is 0 Å². The van der Waals surface area contributed by atoms with Crippen LogP contribution in [0.5, 0.6) is 0 Å². The summed E-state index contributed by atoms with van der Waals surface area (Å²) in [4.78, 5) is 0. The van der Waals surface area contributed by atoms with Crippen molar-refractivity contribution in [1.82, 2.24) is 0 Å². The van der Waals surface area contributed by atoms with E-state index in [-0.39, 0.29) is 0 Å². The molecule has 0 nitrogen and oxygen atoms in total. The average molecular weight is 184 g/mol. The zero-order chi connectivity index (χ0) is 10.3. The van der Waals surface area contributed by atoms with Gasteiger partial charge in [0, 0.05) is 0 Å². The Labute approximate surface area is 85.1 Å². The molecule has 2 atom stereocenters. The lowest BCUT2D eigenvalue weighted by atomic mass is 9.75. The molecule has 1 saturated carbocycles. The Morgan fingerprint density at radius 2 is 1.38 bits per heavy atom. The van der Waals surface area contributed by atoms with Crippen molar-refractivity contribution in [3.05, 3.63) is 0 Å². The van der Waals surface area contributed by atoms with E-state index in [1.54, 1.807) is 0 Å². The Hall–Kier alpha value is 0. The first-order valence-electron chi connectivity index (χ1n) is 6.22. The summed E-state index contributed by atoms with van der Waals surface area (Å²) in [6.07, 6.45) is 7.31. The van der Waals surface area contributed by atoms with Gasteiger partial charge in [0.1, 0.15) is 0 Å². The van der Waals surface area contributed by atoms with Gasteiger partial charge in [-0.2, -0.15) is 0 Å². The van der Waals surface area contributed by atoms with Crippen molar-refractivity contribution < 1.29 is 0 Å². The van der Waals surface area contributed by atoms with Crippen LogP contribution in [0.2, 0.25) is 0 Å². The molecule has 1 fully saturated rings. The maximum atomic E-state index is 2.42. The molecular weight excluding hydrogens is 156 g/mol. The summed E-state index contributed by atoms with van der Waals surface area (Å²) in [6.45, 7) is 11.1. The van der Waals surface area contributed by atoms with Crippen LogP contribution in [-0.2, 0) is 0 Å². The van der Waals surface area contributed by atoms with Gasteiger partial charge >= 0.3 is 0 Å². The quantitative estimate of drug-likeness (QED) is 0.573. The minimum Gasteiger partial charge on any atom is -0.0683 e. The van der Waals surface area contributed by atoms with Crippen LogP contribution in [-0.4, -0.2) is 0 Å². The van der Waals surface area contributed by atoms with Crippen molar-refractivity contribution in [2.45, 2.75) is 66.7 Å². The normalized spacial score (nSPS) is 33.5. The highest BCUT2D eigenvalue weighted by Gasteiger charge is 2.22. The Kier molecular flexibility index (Phi) is 7.41. The van der Waals surface area contributed by atoms with Gasteiger partial charge in [-0.05, 0) is 37.0 Å². The maximum Gasteiger partial charge on any atom is -0.0409 e. The lowest BCUT2D eigenvalue weighted by Gasteiger charge is -2.31. The van der Waals surface area contributed by atoms with E-state index in [0.717, 1.165) is 17.8 Å². The van der Waals surface area contributed by atoms with Gasteiger partial charge in [0.25, 0.3) is 0 Å². The Morgan fingerprint density at radius 3 is 1.77 bits per heavy atom. The van der Waals surface area contributed by atoms with Gasteiger partial charge < -0.3 is 0 Å². The van der Waals surface area contributed by atoms with Crippen LogP contribution in [0, 0.1) is 17.8 Å². The average Bonchev–Trinajstić information content (AvgIpc) is 2.06. The van der Waals surface area contributed by atoms with Crippen LogP contribution in [0.3, 0.4) is 0 Å². The van der Waals surface area contributed by atoms with Crippen molar-refractivity contribution in [3.8, 4) is 0 Å². The molecule has 0 heteroatoms. The van der Waals surface area contributed by atoms with Crippen LogP contribution < -0.4 is 0 Å². The fraction of sp³-hybridized carbons (Fsp3) is 1.00. The van der Waals surface area contributed by atoms with E-state index in [2.05, 4.69) is 20.8 Å². The summed E-state index contributed by atoms with van der Waals surface area (Å²) in [5.74, 6) is 3.05. The molecule has 2 unspecified atom stereocenters. The van der Waals surface area contributed by atoms with Gasteiger partial charge in [0.15, 0.2) is 0 Å². The highest BCUT2D eigenvalue weighted by Crippen LogP contribution is 2.34. The third-order valence-corrected chi connectivity index (χ3v) is 2.97. The third-order valence-electron chi connectivity index (χ3n) is 2.97. The Morgan fingerprint density at radius 1 is 0.923 bits per heavy atom. The van der Waals surface area contributed by atoms with Gasteiger partial charge in [-0.1, -0.05) is 47.5 Å². The van der Waals surface area contributed by atoms with E-state index in [0.29, 0.717) is 0 Å². The van der Waals surface area contributed by atoms with E-state index in [4.69, 9.17) is 0 Å². The minimum absolute atomic E-state index is 0.996. The SMILES string of the molecule is CC.CCCC1CC(C)CC(C)C1. The second-order valence-corrected chi connectivity index (χ2v) is 4.57. The molecule has 1 aliphatic carbocycles. The second kappa shape index (κ2) is 7.41. The second-order valence-electron chi connectivity index (χ2n) is 4.57. The number of hydrogen-bond acceptors (Lipinski definition) is 0.